The monoisotopic (exact) mass is 577 g/mol. The van der Waals surface area contributed by atoms with E-state index in [0.717, 1.165) is 24.0 Å². The smallest absolute Gasteiger partial charge is 0.410 e. The van der Waals surface area contributed by atoms with Crippen molar-refractivity contribution in [2.45, 2.75) is 64.5 Å². The third kappa shape index (κ3) is 7.03. The third-order valence-electron chi connectivity index (χ3n) is 7.98. The van der Waals surface area contributed by atoms with Crippen molar-refractivity contribution < 1.29 is 33.4 Å². The molecule has 2 atom stereocenters. The van der Waals surface area contributed by atoms with E-state index in [1.807, 2.05) is 57.2 Å². The van der Waals surface area contributed by atoms with E-state index in [0.29, 0.717) is 43.3 Å². The van der Waals surface area contributed by atoms with E-state index < -0.39 is 5.60 Å². The third-order valence-corrected chi connectivity index (χ3v) is 7.98. The summed E-state index contributed by atoms with van der Waals surface area (Å²) < 4.78 is 17.7. The molecule has 0 unspecified atom stereocenters. The lowest BCUT2D eigenvalue weighted by Crippen LogP contribution is -2.37. The quantitative estimate of drug-likeness (QED) is 0.466. The van der Waals surface area contributed by atoms with Gasteiger partial charge in [0.1, 0.15) is 23.7 Å². The zero-order valence-electron chi connectivity index (χ0n) is 24.5. The summed E-state index contributed by atoms with van der Waals surface area (Å²) >= 11 is 0. The SMILES string of the molecule is CC(C)(C)OC(=O)N1CC[C@H](COc2ccc3c(c2)C(=O)NC3)[C@H](c2ccc(OCCN3C(=O)CCC3=O)cc2)CC1. The molecule has 2 saturated heterocycles. The van der Waals surface area contributed by atoms with E-state index >= 15 is 0 Å². The second kappa shape index (κ2) is 12.4. The highest BCUT2D eigenvalue weighted by atomic mass is 16.6. The summed E-state index contributed by atoms with van der Waals surface area (Å²) in [7, 11) is 0. The highest BCUT2D eigenvalue weighted by Crippen LogP contribution is 2.35. The number of fused-ring (bicyclic) bond motifs is 1. The van der Waals surface area contributed by atoms with Gasteiger partial charge in [-0.2, -0.15) is 0 Å². The van der Waals surface area contributed by atoms with Crippen LogP contribution in [0.1, 0.15) is 73.9 Å². The second-order valence-corrected chi connectivity index (χ2v) is 12.1. The minimum absolute atomic E-state index is 0.0864. The van der Waals surface area contributed by atoms with Crippen molar-refractivity contribution in [1.82, 2.24) is 15.1 Å². The average molecular weight is 578 g/mol. The fourth-order valence-electron chi connectivity index (χ4n) is 5.74. The summed E-state index contributed by atoms with van der Waals surface area (Å²) in [5.74, 6) is 1.15. The lowest BCUT2D eigenvalue weighted by Gasteiger charge is -2.26. The van der Waals surface area contributed by atoms with Crippen LogP contribution in [0.3, 0.4) is 0 Å². The molecule has 10 nitrogen and oxygen atoms in total. The standard InChI is InChI=1S/C32H39N3O7/c1-32(2,3)42-31(39)34-14-12-23(20-41-25-9-6-22-19-33-30(38)27(22)18-25)26(13-15-34)21-4-7-24(8-5-21)40-17-16-35-28(36)10-11-29(35)37/h4-9,18,23,26H,10-17,19-20H2,1-3H3,(H,33,38)/t23-,26+/m1/s1. The van der Waals surface area contributed by atoms with Crippen LogP contribution in [0.5, 0.6) is 11.5 Å². The van der Waals surface area contributed by atoms with Gasteiger partial charge in [-0.1, -0.05) is 18.2 Å². The molecule has 3 heterocycles. The fraction of sp³-hybridized carbons (Fsp3) is 0.500. The van der Waals surface area contributed by atoms with E-state index in [1.165, 1.54) is 4.90 Å². The first-order chi connectivity index (χ1) is 20.1. The molecule has 1 N–H and O–H groups in total. The molecule has 42 heavy (non-hydrogen) atoms. The number of carbonyl (C=O) groups is 4. The highest BCUT2D eigenvalue weighted by molar-refractivity contribution is 6.02. The molecule has 0 radical (unpaired) electrons. The largest absolute Gasteiger partial charge is 0.493 e. The van der Waals surface area contributed by atoms with Gasteiger partial charge in [0, 0.05) is 44.0 Å². The predicted octanol–water partition coefficient (Wildman–Crippen LogP) is 4.27. The van der Waals surface area contributed by atoms with Crippen LogP contribution in [0.15, 0.2) is 42.5 Å². The van der Waals surface area contributed by atoms with Crippen LogP contribution >= 0.6 is 0 Å². The Bertz CT molecular complexity index is 1320. The van der Waals surface area contributed by atoms with Gasteiger partial charge in [0.25, 0.3) is 5.91 Å². The minimum atomic E-state index is -0.573. The molecule has 0 spiro atoms. The van der Waals surface area contributed by atoms with E-state index in [4.69, 9.17) is 14.2 Å². The molecule has 0 bridgehead atoms. The summed E-state index contributed by atoms with van der Waals surface area (Å²) in [5, 5.41) is 2.83. The number of hydrogen-bond acceptors (Lipinski definition) is 7. The lowest BCUT2D eigenvalue weighted by atomic mass is 9.83. The maximum atomic E-state index is 12.9. The second-order valence-electron chi connectivity index (χ2n) is 12.1. The summed E-state index contributed by atoms with van der Waals surface area (Å²) in [5.41, 5.74) is 2.15. The normalized spacial score (nSPS) is 20.7. The number of ether oxygens (including phenoxy) is 3. The van der Waals surface area contributed by atoms with Crippen molar-refractivity contribution >= 4 is 23.8 Å². The molecule has 4 amide bonds. The first-order valence-corrected chi connectivity index (χ1v) is 14.7. The Morgan fingerprint density at radius 3 is 2.33 bits per heavy atom. The van der Waals surface area contributed by atoms with Crippen molar-refractivity contribution in [1.29, 1.82) is 0 Å². The Kier molecular flexibility index (Phi) is 8.70. The van der Waals surface area contributed by atoms with Crippen LogP contribution in [-0.4, -0.2) is 72.1 Å². The molecular weight excluding hydrogens is 538 g/mol. The maximum Gasteiger partial charge on any atom is 0.410 e. The number of benzene rings is 2. The fourth-order valence-corrected chi connectivity index (χ4v) is 5.74. The number of carbonyl (C=O) groups excluding carboxylic acids is 4. The first kappa shape index (κ1) is 29.4. The van der Waals surface area contributed by atoms with Gasteiger partial charge in [0.2, 0.25) is 11.8 Å². The zero-order chi connectivity index (χ0) is 29.9. The number of rotatable bonds is 8. The molecule has 2 aromatic carbocycles. The van der Waals surface area contributed by atoms with Crippen LogP contribution in [0.25, 0.3) is 0 Å². The molecule has 2 fully saturated rings. The number of nitrogens with zero attached hydrogens (tertiary/aromatic N) is 2. The van der Waals surface area contributed by atoms with Crippen molar-refractivity contribution in [3.63, 3.8) is 0 Å². The van der Waals surface area contributed by atoms with Gasteiger partial charge in [-0.05, 0) is 74.9 Å². The van der Waals surface area contributed by atoms with Gasteiger partial charge in [-0.15, -0.1) is 0 Å². The summed E-state index contributed by atoms with van der Waals surface area (Å²) in [4.78, 5) is 51.7. The highest BCUT2D eigenvalue weighted by Gasteiger charge is 2.32. The Balaban J connectivity index is 1.26. The van der Waals surface area contributed by atoms with Crippen LogP contribution < -0.4 is 14.8 Å². The topological polar surface area (TPSA) is 114 Å². The molecule has 224 valence electrons. The zero-order valence-corrected chi connectivity index (χ0v) is 24.5. The van der Waals surface area contributed by atoms with Gasteiger partial charge in [0.05, 0.1) is 13.2 Å². The molecule has 3 aliphatic heterocycles. The van der Waals surface area contributed by atoms with E-state index in [1.54, 1.807) is 11.0 Å². The van der Waals surface area contributed by atoms with Gasteiger partial charge < -0.3 is 24.4 Å². The number of hydrogen-bond donors (Lipinski definition) is 1. The maximum absolute atomic E-state index is 12.9. The average Bonchev–Trinajstić information content (AvgIpc) is 3.38. The van der Waals surface area contributed by atoms with Crippen LogP contribution in [-0.2, 0) is 20.9 Å². The Morgan fingerprint density at radius 1 is 0.929 bits per heavy atom. The van der Waals surface area contributed by atoms with Crippen LogP contribution in [0.4, 0.5) is 4.79 Å². The predicted molar refractivity (Wildman–Crippen MR) is 154 cm³/mol. The Morgan fingerprint density at radius 2 is 1.62 bits per heavy atom. The van der Waals surface area contributed by atoms with Gasteiger partial charge in [-0.25, -0.2) is 4.79 Å². The Hall–Kier alpha value is -4.08. The van der Waals surface area contributed by atoms with Crippen molar-refractivity contribution in [3.8, 4) is 11.5 Å². The van der Waals surface area contributed by atoms with Crippen LogP contribution in [0, 0.1) is 5.92 Å². The van der Waals surface area contributed by atoms with E-state index in [9.17, 15) is 19.2 Å². The number of imide groups is 1. The molecular formula is C32H39N3O7. The van der Waals surface area contributed by atoms with Crippen LogP contribution in [0.2, 0.25) is 0 Å². The Labute approximate surface area is 246 Å². The van der Waals surface area contributed by atoms with Gasteiger partial charge in [0.15, 0.2) is 0 Å². The van der Waals surface area contributed by atoms with Gasteiger partial charge in [-0.3, -0.25) is 19.3 Å². The summed E-state index contributed by atoms with van der Waals surface area (Å²) in [6.45, 7) is 8.16. The van der Waals surface area contributed by atoms with Crippen molar-refractivity contribution in [3.05, 3.63) is 59.2 Å². The van der Waals surface area contributed by atoms with E-state index in [2.05, 4.69) is 5.32 Å². The molecule has 3 aliphatic rings. The molecule has 0 aliphatic carbocycles. The molecule has 10 heteroatoms. The molecule has 2 aromatic rings. The molecule has 0 saturated carbocycles. The molecule has 5 rings (SSSR count). The van der Waals surface area contributed by atoms with Crippen molar-refractivity contribution in [2.24, 2.45) is 5.92 Å². The van der Waals surface area contributed by atoms with Crippen molar-refractivity contribution in [2.75, 3.05) is 32.8 Å². The van der Waals surface area contributed by atoms with E-state index in [-0.39, 0.29) is 61.6 Å². The number of likely N-dealkylation sites (tertiary alicyclic amines) is 2. The summed E-state index contributed by atoms with van der Waals surface area (Å²) in [6, 6.07) is 13.5. The first-order valence-electron chi connectivity index (χ1n) is 14.7. The number of amides is 4. The molecule has 0 aromatic heterocycles. The summed E-state index contributed by atoms with van der Waals surface area (Å²) in [6.07, 6.45) is 1.69. The number of nitrogens with one attached hydrogen (secondary N) is 1. The minimum Gasteiger partial charge on any atom is -0.493 e. The van der Waals surface area contributed by atoms with Gasteiger partial charge >= 0.3 is 6.09 Å². The lowest BCUT2D eigenvalue weighted by molar-refractivity contribution is -0.138.